The van der Waals surface area contributed by atoms with E-state index in [9.17, 15) is 0 Å². The van der Waals surface area contributed by atoms with E-state index in [2.05, 4.69) is 22.1 Å². The fraction of sp³-hybridized carbons (Fsp3) is 0.600. The van der Waals surface area contributed by atoms with E-state index in [1.54, 1.807) is 0 Å². The van der Waals surface area contributed by atoms with Crippen molar-refractivity contribution >= 4 is 0 Å². The second-order valence-electron chi connectivity index (χ2n) is 3.61. The van der Waals surface area contributed by atoms with Crippen molar-refractivity contribution in [3.05, 3.63) is 0 Å². The van der Waals surface area contributed by atoms with E-state index in [1.807, 2.05) is 27.7 Å². The van der Waals surface area contributed by atoms with Crippen molar-refractivity contribution in [2.75, 3.05) is 0 Å². The van der Waals surface area contributed by atoms with Crippen LogP contribution < -0.4 is 0 Å². The Labute approximate surface area is 74.5 Å². The maximum atomic E-state index is 5.22. The van der Waals surface area contributed by atoms with Crippen LogP contribution in [0.2, 0.25) is 0 Å². The van der Waals surface area contributed by atoms with E-state index < -0.39 is 11.1 Å². The predicted octanol–water partition coefficient (Wildman–Crippen LogP) is 2.26. The van der Waals surface area contributed by atoms with Crippen molar-refractivity contribution in [2.45, 2.75) is 38.8 Å². The summed E-state index contributed by atoms with van der Waals surface area (Å²) < 4.78 is 0. The van der Waals surface area contributed by atoms with Crippen LogP contribution in [0.25, 0.3) is 0 Å². The van der Waals surface area contributed by atoms with Gasteiger partial charge in [-0.2, -0.15) is 10.2 Å². The Bertz CT molecular complexity index is 231. The van der Waals surface area contributed by atoms with Crippen molar-refractivity contribution in [2.24, 2.45) is 10.2 Å². The van der Waals surface area contributed by atoms with Crippen molar-refractivity contribution in [1.29, 1.82) is 0 Å². The first-order valence-electron chi connectivity index (χ1n) is 3.72. The monoisotopic (exact) mass is 162 g/mol. The first-order chi connectivity index (χ1) is 5.33. The van der Waals surface area contributed by atoms with Crippen molar-refractivity contribution < 1.29 is 0 Å². The normalized spacial score (nSPS) is 12.5. The zero-order valence-corrected chi connectivity index (χ0v) is 8.05. The van der Waals surface area contributed by atoms with Crippen molar-refractivity contribution in [3.63, 3.8) is 0 Å². The van der Waals surface area contributed by atoms with Gasteiger partial charge in [-0.15, -0.1) is 12.8 Å². The fourth-order valence-corrected chi connectivity index (χ4v) is 0.308. The Morgan fingerprint density at radius 3 is 1.25 bits per heavy atom. The van der Waals surface area contributed by atoms with Gasteiger partial charge in [0, 0.05) is 0 Å². The zero-order chi connectivity index (χ0) is 9.83. The highest BCUT2D eigenvalue weighted by atomic mass is 15.2. The average molecular weight is 162 g/mol. The standard InChI is InChI=1S/C10H14N2/c1-7-9(3,4)11-12-10(5,6)8-2/h1-2H,3-6H3. The SMILES string of the molecule is C#CC(C)(C)N=NC(C)(C)C#C. The summed E-state index contributed by atoms with van der Waals surface area (Å²) in [6.07, 6.45) is 10.4. The molecule has 0 aromatic heterocycles. The van der Waals surface area contributed by atoms with Gasteiger partial charge in [-0.3, -0.25) is 0 Å². The molecule has 2 heteroatoms. The molecule has 0 N–H and O–H groups in total. The first-order valence-corrected chi connectivity index (χ1v) is 3.72. The predicted molar refractivity (Wildman–Crippen MR) is 50.7 cm³/mol. The second kappa shape index (κ2) is 3.41. The van der Waals surface area contributed by atoms with Gasteiger partial charge in [0.15, 0.2) is 0 Å². The summed E-state index contributed by atoms with van der Waals surface area (Å²) in [5, 5.41) is 7.93. The van der Waals surface area contributed by atoms with Crippen molar-refractivity contribution in [1.82, 2.24) is 0 Å². The molecule has 0 saturated heterocycles. The Morgan fingerprint density at radius 1 is 0.833 bits per heavy atom. The lowest BCUT2D eigenvalue weighted by atomic mass is 10.1. The summed E-state index contributed by atoms with van der Waals surface area (Å²) in [6, 6.07) is 0. The maximum absolute atomic E-state index is 5.22. The number of hydrogen-bond acceptors (Lipinski definition) is 2. The highest BCUT2D eigenvalue weighted by Gasteiger charge is 2.16. The van der Waals surface area contributed by atoms with Gasteiger partial charge in [0.1, 0.15) is 11.1 Å². The third-order valence-electron chi connectivity index (χ3n) is 1.26. The Morgan fingerprint density at radius 2 is 1.08 bits per heavy atom. The minimum atomic E-state index is -0.561. The molecular weight excluding hydrogens is 148 g/mol. The van der Waals surface area contributed by atoms with Gasteiger partial charge in [-0.05, 0) is 27.7 Å². The summed E-state index contributed by atoms with van der Waals surface area (Å²) in [5.74, 6) is 5.02. The molecule has 0 aromatic rings. The van der Waals surface area contributed by atoms with Crippen molar-refractivity contribution in [3.8, 4) is 24.7 Å². The lowest BCUT2D eigenvalue weighted by Gasteiger charge is -2.13. The fourth-order valence-electron chi connectivity index (χ4n) is 0.308. The molecule has 0 atom stereocenters. The van der Waals surface area contributed by atoms with E-state index in [1.165, 1.54) is 0 Å². The quantitative estimate of drug-likeness (QED) is 0.439. The number of hydrogen-bond donors (Lipinski definition) is 0. The molecule has 0 spiro atoms. The Hall–Kier alpha value is -1.28. The van der Waals surface area contributed by atoms with Crippen LogP contribution in [0, 0.1) is 24.7 Å². The second-order valence-corrected chi connectivity index (χ2v) is 3.61. The summed E-state index contributed by atoms with van der Waals surface area (Å²) in [4.78, 5) is 0. The Balaban J connectivity index is 4.50. The third-order valence-corrected chi connectivity index (χ3v) is 1.26. The highest BCUT2D eigenvalue weighted by molar-refractivity contribution is 5.10. The van der Waals surface area contributed by atoms with Gasteiger partial charge in [-0.1, -0.05) is 11.8 Å². The minimum absolute atomic E-state index is 0.561. The minimum Gasteiger partial charge on any atom is -0.173 e. The molecule has 0 aliphatic carbocycles. The van der Waals surface area contributed by atoms with E-state index in [4.69, 9.17) is 12.8 Å². The first kappa shape index (κ1) is 10.7. The van der Waals surface area contributed by atoms with Crippen LogP contribution >= 0.6 is 0 Å². The molecule has 0 rings (SSSR count). The lowest BCUT2D eigenvalue weighted by molar-refractivity contribution is 0.549. The van der Waals surface area contributed by atoms with Crippen LogP contribution in [0.15, 0.2) is 10.2 Å². The van der Waals surface area contributed by atoms with Gasteiger partial charge in [0.2, 0.25) is 0 Å². The Kier molecular flexibility index (Phi) is 3.05. The molecule has 64 valence electrons. The molecule has 0 aromatic carbocycles. The summed E-state index contributed by atoms with van der Waals surface area (Å²) in [7, 11) is 0. The molecule has 2 nitrogen and oxygen atoms in total. The molecule has 12 heavy (non-hydrogen) atoms. The van der Waals surface area contributed by atoms with Crippen LogP contribution in [0.4, 0.5) is 0 Å². The number of terminal acetylenes is 2. The molecule has 0 unspecified atom stereocenters. The topological polar surface area (TPSA) is 24.7 Å². The smallest absolute Gasteiger partial charge is 0.136 e. The van der Waals surface area contributed by atoms with E-state index in [0.29, 0.717) is 0 Å². The van der Waals surface area contributed by atoms with Gasteiger partial charge >= 0.3 is 0 Å². The lowest BCUT2D eigenvalue weighted by Crippen LogP contribution is -2.17. The molecule has 0 saturated carbocycles. The molecule has 0 aliphatic rings. The molecule has 0 aliphatic heterocycles. The van der Waals surface area contributed by atoms with Crippen LogP contribution in [-0.2, 0) is 0 Å². The highest BCUT2D eigenvalue weighted by Crippen LogP contribution is 2.13. The number of nitrogens with zero attached hydrogens (tertiary/aromatic N) is 2. The largest absolute Gasteiger partial charge is 0.173 e. The average Bonchev–Trinajstić information content (AvgIpc) is 2.02. The van der Waals surface area contributed by atoms with E-state index >= 15 is 0 Å². The van der Waals surface area contributed by atoms with E-state index in [-0.39, 0.29) is 0 Å². The molecule has 0 amide bonds. The van der Waals surface area contributed by atoms with Gasteiger partial charge in [-0.25, -0.2) is 0 Å². The summed E-state index contributed by atoms with van der Waals surface area (Å²) in [5.41, 5.74) is -1.12. The molecule has 0 fully saturated rings. The van der Waals surface area contributed by atoms with Crippen LogP contribution in [0.5, 0.6) is 0 Å². The number of azo groups is 1. The summed E-state index contributed by atoms with van der Waals surface area (Å²) in [6.45, 7) is 7.23. The van der Waals surface area contributed by atoms with Crippen LogP contribution in [0.1, 0.15) is 27.7 Å². The molecule has 0 heterocycles. The van der Waals surface area contributed by atoms with Crippen LogP contribution in [-0.4, -0.2) is 11.1 Å². The maximum Gasteiger partial charge on any atom is 0.136 e. The third kappa shape index (κ3) is 3.78. The van der Waals surface area contributed by atoms with Gasteiger partial charge in [0.25, 0.3) is 0 Å². The summed E-state index contributed by atoms with van der Waals surface area (Å²) >= 11 is 0. The van der Waals surface area contributed by atoms with E-state index in [0.717, 1.165) is 0 Å². The number of rotatable bonds is 2. The molecular formula is C10H14N2. The van der Waals surface area contributed by atoms with Gasteiger partial charge < -0.3 is 0 Å². The van der Waals surface area contributed by atoms with Gasteiger partial charge in [0.05, 0.1) is 0 Å². The molecule has 0 radical (unpaired) electrons. The van der Waals surface area contributed by atoms with Crippen LogP contribution in [0.3, 0.4) is 0 Å². The molecule has 0 bridgehead atoms. The zero-order valence-electron chi connectivity index (χ0n) is 8.05.